The van der Waals surface area contributed by atoms with Gasteiger partial charge >= 0.3 is 6.18 Å². The van der Waals surface area contributed by atoms with Crippen LogP contribution in [0.2, 0.25) is 0 Å². The topological polar surface area (TPSA) is 43.1 Å². The minimum atomic E-state index is -4.57. The van der Waals surface area contributed by atoms with Crippen molar-refractivity contribution in [3.8, 4) is 0 Å². The summed E-state index contributed by atoms with van der Waals surface area (Å²) in [7, 11) is 0. The number of ketones is 1. The van der Waals surface area contributed by atoms with Gasteiger partial charge in [0, 0.05) is 12.0 Å². The maximum absolute atomic E-state index is 12.1. The zero-order chi connectivity index (χ0) is 10.1. The van der Waals surface area contributed by atoms with E-state index in [1.54, 1.807) is 0 Å². The highest BCUT2D eigenvalue weighted by atomic mass is 19.4. The summed E-state index contributed by atoms with van der Waals surface area (Å²) in [6.45, 7) is 0. The maximum atomic E-state index is 12.1. The van der Waals surface area contributed by atoms with Gasteiger partial charge in [0.05, 0.1) is 0 Å². The van der Waals surface area contributed by atoms with Gasteiger partial charge in [0.1, 0.15) is 5.70 Å². The molecule has 0 aliphatic heterocycles. The van der Waals surface area contributed by atoms with Gasteiger partial charge in [-0.05, 0) is 19.3 Å². The fraction of sp³-hybridized carbons (Fsp3) is 0.625. The predicted octanol–water partition coefficient (Wildman–Crippen LogP) is 1.90. The number of hydrogen-bond donors (Lipinski definition) is 1. The molecule has 0 amide bonds. The first-order valence-corrected chi connectivity index (χ1v) is 4.02. The molecule has 0 aromatic heterocycles. The van der Waals surface area contributed by atoms with Crippen molar-refractivity contribution in [1.29, 1.82) is 0 Å². The molecule has 1 rings (SSSR count). The van der Waals surface area contributed by atoms with E-state index >= 15 is 0 Å². The summed E-state index contributed by atoms with van der Waals surface area (Å²) in [6.07, 6.45) is -2.95. The molecule has 74 valence electrons. The van der Waals surface area contributed by atoms with E-state index in [-0.39, 0.29) is 18.4 Å². The average molecular weight is 193 g/mol. The van der Waals surface area contributed by atoms with Crippen LogP contribution in [0.4, 0.5) is 13.2 Å². The Morgan fingerprint density at radius 3 is 2.23 bits per heavy atom. The fourth-order valence-corrected chi connectivity index (χ4v) is 1.33. The zero-order valence-corrected chi connectivity index (χ0v) is 6.95. The van der Waals surface area contributed by atoms with E-state index in [1.807, 2.05) is 0 Å². The lowest BCUT2D eigenvalue weighted by Gasteiger charge is -2.17. The van der Waals surface area contributed by atoms with E-state index in [4.69, 9.17) is 5.73 Å². The number of carbonyl (C=O) groups is 1. The second-order valence-electron chi connectivity index (χ2n) is 3.02. The fourth-order valence-electron chi connectivity index (χ4n) is 1.33. The predicted molar refractivity (Wildman–Crippen MR) is 40.7 cm³/mol. The van der Waals surface area contributed by atoms with Crippen LogP contribution >= 0.6 is 0 Å². The molecule has 1 fully saturated rings. The third-order valence-electron chi connectivity index (χ3n) is 2.05. The van der Waals surface area contributed by atoms with Crippen molar-refractivity contribution in [3.05, 3.63) is 11.3 Å². The number of Topliss-reactive ketones (excluding diaryl/α,β-unsaturated/α-hetero) is 1. The molecule has 5 heteroatoms. The lowest BCUT2D eigenvalue weighted by molar-refractivity contribution is -0.118. The first-order valence-electron chi connectivity index (χ1n) is 4.02. The number of alkyl halides is 3. The van der Waals surface area contributed by atoms with Crippen molar-refractivity contribution in [2.24, 2.45) is 5.73 Å². The number of hydrogen-bond acceptors (Lipinski definition) is 2. The van der Waals surface area contributed by atoms with Crippen LogP contribution in [-0.2, 0) is 4.79 Å². The Labute approximate surface area is 73.6 Å². The minimum absolute atomic E-state index is 0.157. The SMILES string of the molecule is NC(=C1CCCCC1=O)C(F)(F)F. The molecule has 1 saturated carbocycles. The summed E-state index contributed by atoms with van der Waals surface area (Å²) < 4.78 is 36.2. The van der Waals surface area contributed by atoms with Gasteiger partial charge in [-0.15, -0.1) is 0 Å². The van der Waals surface area contributed by atoms with E-state index < -0.39 is 17.7 Å². The van der Waals surface area contributed by atoms with Gasteiger partial charge in [0.15, 0.2) is 5.78 Å². The molecule has 0 saturated heterocycles. The number of rotatable bonds is 0. The van der Waals surface area contributed by atoms with E-state index in [0.717, 1.165) is 0 Å². The lowest BCUT2D eigenvalue weighted by Crippen LogP contribution is -2.25. The summed E-state index contributed by atoms with van der Waals surface area (Å²) in [5.74, 6) is -0.457. The van der Waals surface area contributed by atoms with Gasteiger partial charge in [-0.3, -0.25) is 4.79 Å². The smallest absolute Gasteiger partial charge is 0.394 e. The molecule has 0 heterocycles. The average Bonchev–Trinajstić information content (AvgIpc) is 2.02. The van der Waals surface area contributed by atoms with Crippen molar-refractivity contribution < 1.29 is 18.0 Å². The van der Waals surface area contributed by atoms with Crippen LogP contribution in [0, 0.1) is 0 Å². The summed E-state index contributed by atoms with van der Waals surface area (Å²) >= 11 is 0. The van der Waals surface area contributed by atoms with Crippen molar-refractivity contribution in [3.63, 3.8) is 0 Å². The monoisotopic (exact) mass is 193 g/mol. The largest absolute Gasteiger partial charge is 0.431 e. The Kier molecular flexibility index (Phi) is 2.63. The van der Waals surface area contributed by atoms with Gasteiger partial charge < -0.3 is 5.73 Å². The van der Waals surface area contributed by atoms with Gasteiger partial charge in [-0.25, -0.2) is 0 Å². The number of halogens is 3. The minimum Gasteiger partial charge on any atom is -0.394 e. The van der Waals surface area contributed by atoms with Gasteiger partial charge in [0.2, 0.25) is 0 Å². The Morgan fingerprint density at radius 1 is 1.23 bits per heavy atom. The summed E-state index contributed by atoms with van der Waals surface area (Å²) in [6, 6.07) is 0. The van der Waals surface area contributed by atoms with Crippen molar-refractivity contribution in [2.45, 2.75) is 31.9 Å². The number of allylic oxidation sites excluding steroid dienone is 2. The number of carbonyl (C=O) groups excluding carboxylic acids is 1. The Hall–Kier alpha value is -1.00. The normalized spacial score (nSPS) is 23.2. The summed E-state index contributed by atoms with van der Waals surface area (Å²) in [5, 5.41) is 0. The highest BCUT2D eigenvalue weighted by Gasteiger charge is 2.36. The van der Waals surface area contributed by atoms with Crippen LogP contribution in [0.3, 0.4) is 0 Å². The molecule has 13 heavy (non-hydrogen) atoms. The molecule has 1 aliphatic rings. The van der Waals surface area contributed by atoms with Crippen LogP contribution in [0.1, 0.15) is 25.7 Å². The molecule has 0 spiro atoms. The molecule has 0 radical (unpaired) electrons. The highest BCUT2D eigenvalue weighted by Crippen LogP contribution is 2.29. The van der Waals surface area contributed by atoms with Crippen molar-refractivity contribution in [1.82, 2.24) is 0 Å². The van der Waals surface area contributed by atoms with Gasteiger partial charge in [0.25, 0.3) is 0 Å². The molecule has 2 nitrogen and oxygen atoms in total. The first kappa shape index (κ1) is 10.1. The van der Waals surface area contributed by atoms with Crippen LogP contribution in [0.5, 0.6) is 0 Å². The number of nitrogens with two attached hydrogens (primary N) is 1. The lowest BCUT2D eigenvalue weighted by atomic mass is 9.92. The second kappa shape index (κ2) is 3.40. The molecule has 0 bridgehead atoms. The zero-order valence-electron chi connectivity index (χ0n) is 6.95. The molecule has 0 unspecified atom stereocenters. The molecular weight excluding hydrogens is 183 g/mol. The maximum Gasteiger partial charge on any atom is 0.431 e. The van der Waals surface area contributed by atoms with Gasteiger partial charge in [-0.2, -0.15) is 13.2 Å². The first-order chi connectivity index (χ1) is 5.93. The third-order valence-corrected chi connectivity index (χ3v) is 2.05. The van der Waals surface area contributed by atoms with E-state index in [1.165, 1.54) is 0 Å². The molecule has 0 aromatic rings. The van der Waals surface area contributed by atoms with Crippen molar-refractivity contribution >= 4 is 5.78 Å². The van der Waals surface area contributed by atoms with E-state index in [2.05, 4.69) is 0 Å². The second-order valence-corrected chi connectivity index (χ2v) is 3.02. The Balaban J connectivity index is 2.94. The summed E-state index contributed by atoms with van der Waals surface area (Å²) in [4.78, 5) is 11.0. The standard InChI is InChI=1S/C8H10F3NO/c9-8(10,11)7(12)5-3-1-2-4-6(5)13/h1-4,12H2. The molecule has 1 aliphatic carbocycles. The third kappa shape index (κ3) is 2.23. The highest BCUT2D eigenvalue weighted by molar-refractivity contribution is 5.96. The van der Waals surface area contributed by atoms with Gasteiger partial charge in [-0.1, -0.05) is 0 Å². The van der Waals surface area contributed by atoms with Crippen LogP contribution in [0.15, 0.2) is 11.3 Å². The molecule has 2 N–H and O–H groups in total. The molecular formula is C8H10F3NO. The Bertz CT molecular complexity index is 255. The van der Waals surface area contributed by atoms with Crippen LogP contribution in [0.25, 0.3) is 0 Å². The molecule has 0 atom stereocenters. The Morgan fingerprint density at radius 2 is 1.77 bits per heavy atom. The summed E-state index contributed by atoms with van der Waals surface area (Å²) in [5.41, 5.74) is 3.40. The van der Waals surface area contributed by atoms with E-state index in [9.17, 15) is 18.0 Å². The van der Waals surface area contributed by atoms with Crippen LogP contribution in [-0.4, -0.2) is 12.0 Å². The van der Waals surface area contributed by atoms with E-state index in [0.29, 0.717) is 12.8 Å². The molecule has 0 aromatic carbocycles. The van der Waals surface area contributed by atoms with Crippen LogP contribution < -0.4 is 5.73 Å². The van der Waals surface area contributed by atoms with Crippen molar-refractivity contribution in [2.75, 3.05) is 0 Å². The quantitative estimate of drug-likeness (QED) is 0.597.